The maximum atomic E-state index is 6.55. The number of thiazole rings is 1. The fourth-order valence-corrected chi connectivity index (χ4v) is 8.87. The Kier molecular flexibility index (Phi) is 7.04. The van der Waals surface area contributed by atoms with E-state index in [2.05, 4.69) is 170 Å². The number of para-hydroxylation sites is 2. The lowest BCUT2D eigenvalue weighted by Crippen LogP contribution is -1.93. The second-order valence-electron chi connectivity index (χ2n) is 13.7. The van der Waals surface area contributed by atoms with Gasteiger partial charge in [-0.15, -0.1) is 11.3 Å². The fraction of sp³-hybridized carbons (Fsp3) is 0. The Bertz CT molecular complexity index is 3180. The van der Waals surface area contributed by atoms with Crippen molar-refractivity contribution >= 4 is 65.2 Å². The summed E-state index contributed by atoms with van der Waals surface area (Å²) in [4.78, 5) is 10.3. The summed E-state index contributed by atoms with van der Waals surface area (Å²) >= 11 is 1.73. The number of hydrogen-bond donors (Lipinski definition) is 0. The Morgan fingerprint density at radius 2 is 0.963 bits per heavy atom. The molecule has 3 heterocycles. The van der Waals surface area contributed by atoms with E-state index in [-0.39, 0.29) is 0 Å². The normalized spacial score (nSPS) is 11.7. The smallest absolute Gasteiger partial charge is 0.136 e. The molecule has 0 atom stereocenters. The Hall–Kier alpha value is -6.88. The lowest BCUT2D eigenvalue weighted by Gasteiger charge is -2.16. The molecule has 54 heavy (non-hydrogen) atoms. The van der Waals surface area contributed by atoms with Gasteiger partial charge in [-0.25, -0.2) is 9.97 Å². The van der Waals surface area contributed by atoms with E-state index in [0.29, 0.717) is 0 Å². The van der Waals surface area contributed by atoms with E-state index in [1.54, 1.807) is 11.3 Å². The first-order valence-electron chi connectivity index (χ1n) is 18.1. The van der Waals surface area contributed by atoms with E-state index >= 15 is 0 Å². The third kappa shape index (κ3) is 5.03. The summed E-state index contributed by atoms with van der Waals surface area (Å²) in [5, 5.41) is 6.69. The van der Waals surface area contributed by atoms with Crippen molar-refractivity contribution in [3.8, 4) is 55.2 Å². The van der Waals surface area contributed by atoms with Crippen LogP contribution in [0.4, 0.5) is 0 Å². The van der Waals surface area contributed by atoms with Gasteiger partial charge in [0.05, 0.1) is 21.4 Å². The van der Waals surface area contributed by atoms with Crippen LogP contribution in [0.15, 0.2) is 186 Å². The summed E-state index contributed by atoms with van der Waals surface area (Å²) in [7, 11) is 0. The van der Waals surface area contributed by atoms with Crippen molar-refractivity contribution in [2.45, 2.75) is 0 Å². The van der Waals surface area contributed by atoms with E-state index < -0.39 is 0 Å². The fourth-order valence-electron chi connectivity index (χ4n) is 7.92. The van der Waals surface area contributed by atoms with E-state index in [1.807, 2.05) is 12.1 Å². The van der Waals surface area contributed by atoms with Crippen LogP contribution in [0.1, 0.15) is 0 Å². The standard InChI is InChI=1S/C50H30N2OS/c1-3-11-34(12-4-1)46-47-38-15-7-9-17-41(38)51-49(40(47)30-44-48(46)39-16-8-10-18-43(39)53-44)35-25-23-32(24-26-35)31-19-21-33(22-20-31)37-27-28-45-42(29-37)52-50(54-45)36-13-5-2-6-14-36/h1-30H. The highest BCUT2D eigenvalue weighted by Gasteiger charge is 2.21. The van der Waals surface area contributed by atoms with Crippen molar-refractivity contribution in [1.82, 2.24) is 9.97 Å². The topological polar surface area (TPSA) is 38.9 Å². The van der Waals surface area contributed by atoms with Crippen molar-refractivity contribution in [1.29, 1.82) is 0 Å². The van der Waals surface area contributed by atoms with Crippen molar-refractivity contribution in [2.24, 2.45) is 0 Å². The predicted octanol–water partition coefficient (Wildman–Crippen LogP) is 14.2. The first-order chi connectivity index (χ1) is 26.7. The summed E-state index contributed by atoms with van der Waals surface area (Å²) < 4.78 is 7.75. The van der Waals surface area contributed by atoms with E-state index in [1.165, 1.54) is 21.2 Å². The molecular weight excluding hydrogens is 677 g/mol. The molecule has 0 spiro atoms. The molecule has 0 fully saturated rings. The van der Waals surface area contributed by atoms with Gasteiger partial charge in [0.25, 0.3) is 0 Å². The number of furan rings is 1. The van der Waals surface area contributed by atoms with Gasteiger partial charge >= 0.3 is 0 Å². The molecule has 0 aliphatic carbocycles. The zero-order valence-corrected chi connectivity index (χ0v) is 29.8. The minimum atomic E-state index is 0.864. The molecule has 11 rings (SSSR count). The van der Waals surface area contributed by atoms with Gasteiger partial charge in [0, 0.05) is 43.6 Å². The third-order valence-corrected chi connectivity index (χ3v) is 11.6. The van der Waals surface area contributed by atoms with Crippen molar-refractivity contribution in [3.63, 3.8) is 0 Å². The molecule has 0 radical (unpaired) electrons. The van der Waals surface area contributed by atoms with Crippen LogP contribution >= 0.6 is 11.3 Å². The van der Waals surface area contributed by atoms with Crippen LogP contribution in [0.3, 0.4) is 0 Å². The number of pyridine rings is 1. The highest BCUT2D eigenvalue weighted by atomic mass is 32.1. The Balaban J connectivity index is 1.000. The molecule has 8 aromatic carbocycles. The molecule has 0 aliphatic heterocycles. The van der Waals surface area contributed by atoms with E-state index in [4.69, 9.17) is 14.4 Å². The molecule has 0 unspecified atom stereocenters. The maximum Gasteiger partial charge on any atom is 0.136 e. The number of fused-ring (bicyclic) bond motifs is 7. The number of benzene rings is 8. The van der Waals surface area contributed by atoms with Crippen molar-refractivity contribution in [2.75, 3.05) is 0 Å². The molecule has 0 aliphatic rings. The molecule has 0 N–H and O–H groups in total. The number of aromatic nitrogens is 2. The summed E-state index contributed by atoms with van der Waals surface area (Å²) in [5.74, 6) is 0. The van der Waals surface area contributed by atoms with Crippen molar-refractivity contribution in [3.05, 3.63) is 182 Å². The molecule has 0 amide bonds. The maximum absolute atomic E-state index is 6.55. The van der Waals surface area contributed by atoms with E-state index in [0.717, 1.165) is 87.8 Å². The third-order valence-electron chi connectivity index (χ3n) is 10.5. The monoisotopic (exact) mass is 706 g/mol. The van der Waals surface area contributed by atoms with Gasteiger partial charge in [-0.05, 0) is 58.1 Å². The predicted molar refractivity (Wildman–Crippen MR) is 227 cm³/mol. The summed E-state index contributed by atoms with van der Waals surface area (Å²) in [6.45, 7) is 0. The second kappa shape index (κ2) is 12.4. The lowest BCUT2D eigenvalue weighted by molar-refractivity contribution is 0.669. The van der Waals surface area contributed by atoms with Crippen molar-refractivity contribution < 1.29 is 4.42 Å². The SMILES string of the molecule is c1ccc(-c2nc3cc(-c4ccc(-c5ccc(-c6nc7ccccc7c7c(-c8ccccc8)c8c(cc67)oc6ccccc68)cc5)cc4)ccc3s2)cc1. The quantitative estimate of drug-likeness (QED) is 0.167. The number of nitrogens with zero attached hydrogens (tertiary/aromatic N) is 2. The molecule has 4 heteroatoms. The van der Waals surface area contributed by atoms with Gasteiger partial charge in [0.2, 0.25) is 0 Å². The zero-order valence-electron chi connectivity index (χ0n) is 29.0. The van der Waals surface area contributed by atoms with E-state index in [9.17, 15) is 0 Å². The minimum absolute atomic E-state index is 0.864. The first kappa shape index (κ1) is 30.7. The van der Waals surface area contributed by atoms with Crippen LogP contribution in [0.5, 0.6) is 0 Å². The zero-order chi connectivity index (χ0) is 35.6. The molecule has 0 saturated carbocycles. The summed E-state index contributed by atoms with van der Waals surface area (Å²) in [5.41, 5.74) is 13.9. The van der Waals surface area contributed by atoms with Gasteiger partial charge in [-0.1, -0.05) is 152 Å². The average molecular weight is 707 g/mol. The molecule has 3 nitrogen and oxygen atoms in total. The van der Waals surface area contributed by atoms with Crippen LogP contribution in [-0.4, -0.2) is 9.97 Å². The molecular formula is C50H30N2OS. The largest absolute Gasteiger partial charge is 0.456 e. The highest BCUT2D eigenvalue weighted by Crippen LogP contribution is 2.46. The number of rotatable bonds is 5. The van der Waals surface area contributed by atoms with Crippen LogP contribution in [0.25, 0.3) is 109 Å². The second-order valence-corrected chi connectivity index (χ2v) is 14.7. The Labute approximate surface area is 315 Å². The van der Waals surface area contributed by atoms with Crippen LogP contribution in [0, 0.1) is 0 Å². The molecule has 252 valence electrons. The number of hydrogen-bond acceptors (Lipinski definition) is 4. The van der Waals surface area contributed by atoms with Gasteiger partial charge < -0.3 is 4.42 Å². The minimum Gasteiger partial charge on any atom is -0.456 e. The summed E-state index contributed by atoms with van der Waals surface area (Å²) in [6.07, 6.45) is 0. The van der Waals surface area contributed by atoms with Gasteiger partial charge in [-0.3, -0.25) is 0 Å². The summed E-state index contributed by atoms with van der Waals surface area (Å²) in [6, 6.07) is 64.3. The average Bonchev–Trinajstić information content (AvgIpc) is 3.85. The van der Waals surface area contributed by atoms with Crippen LogP contribution in [-0.2, 0) is 0 Å². The van der Waals surface area contributed by atoms with Gasteiger partial charge in [0.1, 0.15) is 16.2 Å². The Morgan fingerprint density at radius 3 is 1.70 bits per heavy atom. The molecule has 3 aromatic heterocycles. The van der Waals surface area contributed by atoms with Crippen LogP contribution in [0.2, 0.25) is 0 Å². The molecule has 0 saturated heterocycles. The first-order valence-corrected chi connectivity index (χ1v) is 19.0. The van der Waals surface area contributed by atoms with Gasteiger partial charge in [0.15, 0.2) is 0 Å². The van der Waals surface area contributed by atoms with Crippen LogP contribution < -0.4 is 0 Å². The molecule has 11 aromatic rings. The Morgan fingerprint density at radius 1 is 0.370 bits per heavy atom. The van der Waals surface area contributed by atoms with Gasteiger partial charge in [-0.2, -0.15) is 0 Å². The highest BCUT2D eigenvalue weighted by molar-refractivity contribution is 7.21. The lowest BCUT2D eigenvalue weighted by atomic mass is 9.89. The molecule has 0 bridgehead atoms.